The number of carbonyl (C=O) groups excluding carboxylic acids is 2. The summed E-state index contributed by atoms with van der Waals surface area (Å²) in [5.74, 6) is -0.0692. The third kappa shape index (κ3) is 7.97. The summed E-state index contributed by atoms with van der Waals surface area (Å²) in [5, 5.41) is 33.1. The van der Waals surface area contributed by atoms with Crippen LogP contribution >= 0.6 is 0 Å². The Morgan fingerprint density at radius 2 is 1.60 bits per heavy atom. The molecule has 1 saturated heterocycles. The molecule has 3 rings (SSSR count). The maximum Gasteiger partial charge on any atom is 0.227 e. The first-order valence-electron chi connectivity index (χ1n) is 12.1. The highest BCUT2D eigenvalue weighted by atomic mass is 16.3. The zero-order valence-corrected chi connectivity index (χ0v) is 20.8. The predicted octanol–water partition coefficient (Wildman–Crippen LogP) is 2.37. The number of benzene rings is 2. The van der Waals surface area contributed by atoms with Gasteiger partial charge < -0.3 is 30.4 Å². The molecular formula is C27H37N3O5. The highest BCUT2D eigenvalue weighted by molar-refractivity contribution is 5.79. The normalized spacial score (nSPS) is 15.5. The summed E-state index contributed by atoms with van der Waals surface area (Å²) >= 11 is 0. The van der Waals surface area contributed by atoms with E-state index in [-0.39, 0.29) is 35.4 Å². The fourth-order valence-electron chi connectivity index (χ4n) is 4.49. The van der Waals surface area contributed by atoms with Gasteiger partial charge in [-0.3, -0.25) is 9.59 Å². The monoisotopic (exact) mass is 483 g/mol. The lowest BCUT2D eigenvalue weighted by molar-refractivity contribution is -0.132. The van der Waals surface area contributed by atoms with E-state index in [1.54, 1.807) is 11.8 Å². The van der Waals surface area contributed by atoms with Gasteiger partial charge in [0.15, 0.2) is 0 Å². The number of nitrogens with zero attached hydrogens (tertiary/aromatic N) is 2. The second kappa shape index (κ2) is 11.6. The number of aliphatic hydroxyl groups is 1. The summed E-state index contributed by atoms with van der Waals surface area (Å²) in [7, 11) is 0. The average Bonchev–Trinajstić information content (AvgIpc) is 3.03. The van der Waals surface area contributed by atoms with E-state index in [2.05, 4.69) is 5.32 Å². The van der Waals surface area contributed by atoms with Crippen molar-refractivity contribution in [3.05, 3.63) is 59.2 Å². The highest BCUT2D eigenvalue weighted by Gasteiger charge is 2.22. The minimum Gasteiger partial charge on any atom is -0.508 e. The van der Waals surface area contributed by atoms with E-state index in [1.165, 1.54) is 18.2 Å². The molecule has 1 fully saturated rings. The molecule has 2 aromatic rings. The fourth-order valence-corrected chi connectivity index (χ4v) is 4.49. The Hall–Kier alpha value is -3.10. The number of hydrogen-bond donors (Lipinski definition) is 4. The van der Waals surface area contributed by atoms with Gasteiger partial charge in [-0.2, -0.15) is 0 Å². The van der Waals surface area contributed by atoms with Crippen LogP contribution < -0.4 is 5.32 Å². The Bertz CT molecular complexity index is 1020. The summed E-state index contributed by atoms with van der Waals surface area (Å²) in [6, 6.07) is 12.1. The van der Waals surface area contributed by atoms with Gasteiger partial charge in [0.2, 0.25) is 11.8 Å². The van der Waals surface area contributed by atoms with E-state index in [0.29, 0.717) is 44.6 Å². The lowest BCUT2D eigenvalue weighted by Gasteiger charge is -2.28. The van der Waals surface area contributed by atoms with Crippen molar-refractivity contribution in [2.45, 2.75) is 51.7 Å². The first-order valence-corrected chi connectivity index (χ1v) is 12.1. The molecule has 2 amide bonds. The fraction of sp³-hybridized carbons (Fsp3) is 0.481. The summed E-state index contributed by atoms with van der Waals surface area (Å²) in [6.45, 7) is 8.39. The Morgan fingerprint density at radius 1 is 0.971 bits per heavy atom. The van der Waals surface area contributed by atoms with Crippen molar-refractivity contribution in [1.82, 2.24) is 15.1 Å². The summed E-state index contributed by atoms with van der Waals surface area (Å²) in [5.41, 5.74) is 2.12. The summed E-state index contributed by atoms with van der Waals surface area (Å²) < 4.78 is 0. The van der Waals surface area contributed by atoms with Gasteiger partial charge in [0.1, 0.15) is 11.5 Å². The SMILES string of the molecule is CC(=O)N1CCCN(C(=O)Cc2cccc(CC(C)(C)NCC(O)c3cc(O)cc(O)c3)c2)CC1. The maximum atomic E-state index is 12.9. The summed E-state index contributed by atoms with van der Waals surface area (Å²) in [4.78, 5) is 28.2. The van der Waals surface area contributed by atoms with Gasteiger partial charge >= 0.3 is 0 Å². The zero-order valence-electron chi connectivity index (χ0n) is 20.8. The smallest absolute Gasteiger partial charge is 0.227 e. The van der Waals surface area contributed by atoms with Gasteiger partial charge in [0, 0.05) is 51.3 Å². The molecule has 1 aliphatic heterocycles. The largest absolute Gasteiger partial charge is 0.508 e. The number of aromatic hydroxyl groups is 2. The minimum absolute atomic E-state index is 0.0517. The Morgan fingerprint density at radius 3 is 2.29 bits per heavy atom. The van der Waals surface area contributed by atoms with E-state index < -0.39 is 6.10 Å². The molecule has 1 heterocycles. The first kappa shape index (κ1) is 26.5. The predicted molar refractivity (Wildman–Crippen MR) is 134 cm³/mol. The molecule has 8 heteroatoms. The highest BCUT2D eigenvalue weighted by Crippen LogP contribution is 2.25. The molecule has 1 unspecified atom stereocenters. The average molecular weight is 484 g/mol. The number of phenols is 2. The van der Waals surface area contributed by atoms with Crippen LogP contribution in [0.4, 0.5) is 0 Å². The molecule has 2 aromatic carbocycles. The number of amides is 2. The van der Waals surface area contributed by atoms with Crippen molar-refractivity contribution in [1.29, 1.82) is 0 Å². The molecule has 1 aliphatic rings. The van der Waals surface area contributed by atoms with E-state index in [4.69, 9.17) is 0 Å². The van der Waals surface area contributed by atoms with Crippen LogP contribution in [0.5, 0.6) is 11.5 Å². The molecule has 0 radical (unpaired) electrons. The Balaban J connectivity index is 1.55. The second-order valence-electron chi connectivity index (χ2n) is 9.98. The molecule has 1 atom stereocenters. The van der Waals surface area contributed by atoms with Crippen LogP contribution in [0.2, 0.25) is 0 Å². The van der Waals surface area contributed by atoms with Crippen LogP contribution in [0.25, 0.3) is 0 Å². The van der Waals surface area contributed by atoms with Gasteiger partial charge in [-0.1, -0.05) is 24.3 Å². The second-order valence-corrected chi connectivity index (χ2v) is 9.98. The Labute approximate surface area is 207 Å². The van der Waals surface area contributed by atoms with Crippen LogP contribution in [0.15, 0.2) is 42.5 Å². The van der Waals surface area contributed by atoms with E-state index in [9.17, 15) is 24.9 Å². The minimum atomic E-state index is -0.885. The number of hydrogen-bond acceptors (Lipinski definition) is 6. The van der Waals surface area contributed by atoms with E-state index >= 15 is 0 Å². The van der Waals surface area contributed by atoms with Crippen LogP contribution in [0, 0.1) is 0 Å². The molecular weight excluding hydrogens is 446 g/mol. The van der Waals surface area contributed by atoms with Crippen molar-refractivity contribution in [3.63, 3.8) is 0 Å². The molecule has 190 valence electrons. The molecule has 0 saturated carbocycles. The van der Waals surface area contributed by atoms with Gasteiger partial charge in [0.25, 0.3) is 0 Å². The third-order valence-electron chi connectivity index (χ3n) is 6.37. The van der Waals surface area contributed by atoms with Crippen molar-refractivity contribution in [3.8, 4) is 11.5 Å². The molecule has 0 bridgehead atoms. The molecule has 35 heavy (non-hydrogen) atoms. The number of nitrogens with one attached hydrogen (secondary N) is 1. The van der Waals surface area contributed by atoms with E-state index in [1.807, 2.05) is 43.0 Å². The number of β-amino-alcohol motifs (C(OH)–C–C–N with tert-alkyl or cyclic N) is 1. The molecule has 0 aliphatic carbocycles. The lowest BCUT2D eigenvalue weighted by atomic mass is 9.93. The number of carbonyl (C=O) groups is 2. The zero-order chi connectivity index (χ0) is 25.6. The Kier molecular flexibility index (Phi) is 8.75. The van der Waals surface area contributed by atoms with Crippen molar-refractivity contribution in [2.24, 2.45) is 0 Å². The number of aliphatic hydroxyl groups excluding tert-OH is 1. The van der Waals surface area contributed by atoms with Gasteiger partial charge in [-0.25, -0.2) is 0 Å². The van der Waals surface area contributed by atoms with Crippen molar-refractivity contribution < 1.29 is 24.9 Å². The van der Waals surface area contributed by atoms with Gasteiger partial charge in [-0.05, 0) is 55.5 Å². The van der Waals surface area contributed by atoms with Crippen LogP contribution in [0.3, 0.4) is 0 Å². The quantitative estimate of drug-likeness (QED) is 0.459. The number of rotatable bonds is 8. The van der Waals surface area contributed by atoms with Gasteiger partial charge in [-0.15, -0.1) is 0 Å². The van der Waals surface area contributed by atoms with E-state index in [0.717, 1.165) is 17.5 Å². The molecule has 0 spiro atoms. The lowest BCUT2D eigenvalue weighted by Crippen LogP contribution is -2.43. The topological polar surface area (TPSA) is 113 Å². The number of phenolic OH excluding ortho intramolecular Hbond substituents is 2. The standard InChI is InChI=1S/C27H37N3O5/c1-19(31)29-8-5-9-30(11-10-29)26(35)13-20-6-4-7-21(12-20)17-27(2,3)28-18-25(34)22-14-23(32)16-24(33)15-22/h4,6-7,12,14-16,25,28,32-34H,5,8-11,13,17-18H2,1-3H3. The van der Waals surface area contributed by atoms with Crippen molar-refractivity contribution in [2.75, 3.05) is 32.7 Å². The van der Waals surface area contributed by atoms with Crippen molar-refractivity contribution >= 4 is 11.8 Å². The molecule has 8 nitrogen and oxygen atoms in total. The van der Waals surface area contributed by atoms with Crippen LogP contribution in [-0.4, -0.2) is 75.2 Å². The van der Waals surface area contributed by atoms with Gasteiger partial charge in [0.05, 0.1) is 12.5 Å². The first-order chi connectivity index (χ1) is 16.5. The van der Waals surface area contributed by atoms with Crippen LogP contribution in [0.1, 0.15) is 50.0 Å². The van der Waals surface area contributed by atoms with Crippen LogP contribution in [-0.2, 0) is 22.4 Å². The third-order valence-corrected chi connectivity index (χ3v) is 6.37. The maximum absolute atomic E-state index is 12.9. The molecule has 4 N–H and O–H groups in total. The molecule has 0 aromatic heterocycles. The summed E-state index contributed by atoms with van der Waals surface area (Å²) in [6.07, 6.45) is 0.911.